The van der Waals surface area contributed by atoms with Gasteiger partial charge in [-0.3, -0.25) is 4.79 Å². The van der Waals surface area contributed by atoms with E-state index in [1.165, 1.54) is 16.2 Å². The van der Waals surface area contributed by atoms with Crippen molar-refractivity contribution in [1.29, 1.82) is 0 Å². The average molecular weight is 303 g/mol. The van der Waals surface area contributed by atoms with Crippen molar-refractivity contribution in [2.45, 2.75) is 32.2 Å². The monoisotopic (exact) mass is 303 g/mol. The number of aryl methyl sites for hydroxylation is 1. The number of nitrogens with two attached hydrogens (primary N) is 1. The van der Waals surface area contributed by atoms with E-state index in [1.807, 2.05) is 0 Å². The van der Waals surface area contributed by atoms with E-state index in [9.17, 15) is 4.79 Å². The number of anilines is 1. The van der Waals surface area contributed by atoms with Gasteiger partial charge in [-0.2, -0.15) is 0 Å². The number of nitrogens with one attached hydrogen (secondary N) is 2. The van der Waals surface area contributed by atoms with E-state index in [1.54, 1.807) is 25.5 Å². The minimum atomic E-state index is -0.0458. The molecule has 2 aromatic rings. The molecular weight excluding hydrogens is 286 g/mol. The number of aromatic amines is 1. The number of rotatable bonds is 3. The smallest absolute Gasteiger partial charge is 0.247 e. The van der Waals surface area contributed by atoms with Gasteiger partial charge in [0.2, 0.25) is 5.91 Å². The van der Waals surface area contributed by atoms with Crippen LogP contribution in [-0.4, -0.2) is 26.9 Å². The van der Waals surface area contributed by atoms with Gasteiger partial charge in [-0.1, -0.05) is 0 Å². The highest BCUT2D eigenvalue weighted by Crippen LogP contribution is 2.28. The molecule has 0 radical (unpaired) electrons. The van der Waals surface area contributed by atoms with Gasteiger partial charge in [-0.15, -0.1) is 11.3 Å². The minimum Gasteiger partial charge on any atom is -0.375 e. The van der Waals surface area contributed by atoms with Crippen LogP contribution in [0.1, 0.15) is 29.6 Å². The van der Waals surface area contributed by atoms with Crippen molar-refractivity contribution in [2.24, 2.45) is 0 Å². The molecule has 21 heavy (non-hydrogen) atoms. The second-order valence-corrected chi connectivity index (χ2v) is 6.28. The van der Waals surface area contributed by atoms with Crippen molar-refractivity contribution in [3.8, 4) is 0 Å². The summed E-state index contributed by atoms with van der Waals surface area (Å²) in [5.41, 5.74) is 8.30. The van der Waals surface area contributed by atoms with E-state index in [-0.39, 0.29) is 11.9 Å². The highest BCUT2D eigenvalue weighted by Gasteiger charge is 2.23. The number of hydrogen-bond donors (Lipinski definition) is 3. The lowest BCUT2D eigenvalue weighted by molar-refractivity contribution is -0.118. The highest BCUT2D eigenvalue weighted by atomic mass is 32.1. The van der Waals surface area contributed by atoms with Gasteiger partial charge in [0, 0.05) is 22.9 Å². The van der Waals surface area contributed by atoms with Gasteiger partial charge in [0.1, 0.15) is 0 Å². The van der Waals surface area contributed by atoms with Crippen LogP contribution in [0.4, 0.5) is 5.13 Å². The third-order valence-corrected chi connectivity index (χ3v) is 4.49. The molecule has 0 spiro atoms. The summed E-state index contributed by atoms with van der Waals surface area (Å²) in [5, 5.41) is 3.69. The maximum absolute atomic E-state index is 12.2. The normalized spacial score (nSPS) is 18.3. The Balaban J connectivity index is 1.63. The van der Waals surface area contributed by atoms with E-state index in [0.29, 0.717) is 10.7 Å². The quantitative estimate of drug-likeness (QED) is 0.749. The maximum atomic E-state index is 12.2. The molecule has 0 aromatic carbocycles. The molecule has 2 heterocycles. The van der Waals surface area contributed by atoms with E-state index in [2.05, 4.69) is 20.3 Å². The third kappa shape index (κ3) is 3.13. The first-order chi connectivity index (χ1) is 10.1. The van der Waals surface area contributed by atoms with Crippen LogP contribution < -0.4 is 11.1 Å². The molecule has 1 atom stereocenters. The Morgan fingerprint density at radius 1 is 1.62 bits per heavy atom. The zero-order valence-corrected chi connectivity index (χ0v) is 12.5. The Kier molecular flexibility index (Phi) is 3.74. The van der Waals surface area contributed by atoms with Gasteiger partial charge >= 0.3 is 0 Å². The second-order valence-electron chi connectivity index (χ2n) is 5.17. The van der Waals surface area contributed by atoms with Crippen LogP contribution in [0.5, 0.6) is 0 Å². The van der Waals surface area contributed by atoms with Crippen molar-refractivity contribution in [3.63, 3.8) is 0 Å². The van der Waals surface area contributed by atoms with E-state index >= 15 is 0 Å². The van der Waals surface area contributed by atoms with Crippen LogP contribution >= 0.6 is 11.3 Å². The zero-order valence-electron chi connectivity index (χ0n) is 11.7. The van der Waals surface area contributed by atoms with Crippen molar-refractivity contribution in [1.82, 2.24) is 20.3 Å². The molecule has 0 saturated carbocycles. The Morgan fingerprint density at radius 2 is 2.48 bits per heavy atom. The minimum absolute atomic E-state index is 0.0458. The van der Waals surface area contributed by atoms with E-state index in [4.69, 9.17) is 5.73 Å². The van der Waals surface area contributed by atoms with Gasteiger partial charge < -0.3 is 16.0 Å². The third-order valence-electron chi connectivity index (χ3n) is 3.54. The molecule has 2 aromatic heterocycles. The predicted molar refractivity (Wildman–Crippen MR) is 82.7 cm³/mol. The van der Waals surface area contributed by atoms with Crippen molar-refractivity contribution in [2.75, 3.05) is 5.73 Å². The molecule has 4 N–H and O–H groups in total. The van der Waals surface area contributed by atoms with Crippen LogP contribution in [0.3, 0.4) is 0 Å². The molecule has 1 aliphatic carbocycles. The number of carbonyl (C=O) groups is 1. The Bertz CT molecular complexity index is 674. The molecule has 110 valence electrons. The number of H-pyrrole nitrogens is 1. The molecule has 1 aliphatic rings. The molecule has 6 nitrogen and oxygen atoms in total. The number of hydrogen-bond acceptors (Lipinski definition) is 5. The molecule has 1 amide bonds. The Hall–Kier alpha value is -2.15. The van der Waals surface area contributed by atoms with Crippen LogP contribution in [-0.2, 0) is 17.6 Å². The Labute approximate surface area is 126 Å². The molecular formula is C14H17N5OS. The number of carbonyl (C=O) groups excluding carboxylic acids is 1. The first kappa shape index (κ1) is 13.8. The fourth-order valence-electron chi connectivity index (χ4n) is 2.46. The zero-order chi connectivity index (χ0) is 14.8. The topological polar surface area (TPSA) is 96.7 Å². The van der Waals surface area contributed by atoms with Gasteiger partial charge in [0.25, 0.3) is 0 Å². The number of nitrogens with zero attached hydrogens (tertiary/aromatic N) is 2. The maximum Gasteiger partial charge on any atom is 0.247 e. The van der Waals surface area contributed by atoms with E-state index < -0.39 is 0 Å². The van der Waals surface area contributed by atoms with Gasteiger partial charge in [-0.25, -0.2) is 9.97 Å². The first-order valence-electron chi connectivity index (χ1n) is 6.83. The van der Waals surface area contributed by atoms with E-state index in [0.717, 1.165) is 30.7 Å². The summed E-state index contributed by atoms with van der Waals surface area (Å²) in [6.07, 6.45) is 7.66. The van der Waals surface area contributed by atoms with Crippen molar-refractivity contribution >= 4 is 28.5 Å². The number of amides is 1. The number of fused-ring (bicyclic) bond motifs is 1. The summed E-state index contributed by atoms with van der Waals surface area (Å²) >= 11 is 1.52. The molecule has 0 fully saturated rings. The van der Waals surface area contributed by atoms with Crippen LogP contribution in [0.2, 0.25) is 0 Å². The molecule has 0 unspecified atom stereocenters. The fourth-order valence-corrected chi connectivity index (χ4v) is 3.42. The standard InChI is InChI=1S/C14H17N5OS/c1-8(4-10-6-16-7-17-10)13(20)18-9-2-3-11-12(5-9)21-14(15)19-11/h4,6-7,9H,2-3,5H2,1H3,(H2,15,19)(H,16,17)(H,18,20)/b8-4+/t9-/m0/s1. The van der Waals surface area contributed by atoms with Crippen LogP contribution in [0, 0.1) is 0 Å². The van der Waals surface area contributed by atoms with Gasteiger partial charge in [0.05, 0.1) is 23.9 Å². The van der Waals surface area contributed by atoms with Crippen LogP contribution in [0.15, 0.2) is 18.1 Å². The summed E-state index contributed by atoms with van der Waals surface area (Å²) in [5.74, 6) is -0.0458. The summed E-state index contributed by atoms with van der Waals surface area (Å²) in [6.45, 7) is 1.80. The average Bonchev–Trinajstić information content (AvgIpc) is 3.06. The van der Waals surface area contributed by atoms with Gasteiger partial charge in [-0.05, 0) is 25.8 Å². The van der Waals surface area contributed by atoms with Crippen molar-refractivity contribution in [3.05, 3.63) is 34.4 Å². The van der Waals surface area contributed by atoms with Crippen LogP contribution in [0.25, 0.3) is 6.08 Å². The fraction of sp³-hybridized carbons (Fsp3) is 0.357. The number of nitrogen functional groups attached to an aromatic ring is 1. The molecule has 3 rings (SSSR count). The number of imidazole rings is 1. The summed E-state index contributed by atoms with van der Waals surface area (Å²) in [6, 6.07) is 0.148. The SMILES string of the molecule is C/C(=C\c1cnc[nH]1)C(=O)N[C@H]1CCc2nc(N)sc2C1. The number of thiazole rings is 1. The Morgan fingerprint density at radius 3 is 3.24 bits per heavy atom. The van der Waals surface area contributed by atoms with Gasteiger partial charge in [0.15, 0.2) is 5.13 Å². The second kappa shape index (κ2) is 5.69. The first-order valence-corrected chi connectivity index (χ1v) is 7.65. The lowest BCUT2D eigenvalue weighted by Gasteiger charge is -2.22. The summed E-state index contributed by atoms with van der Waals surface area (Å²) in [7, 11) is 0. The molecule has 0 saturated heterocycles. The lowest BCUT2D eigenvalue weighted by atomic mass is 9.97. The molecule has 0 aliphatic heterocycles. The lowest BCUT2D eigenvalue weighted by Crippen LogP contribution is -2.38. The molecule has 0 bridgehead atoms. The summed E-state index contributed by atoms with van der Waals surface area (Å²) < 4.78 is 0. The highest BCUT2D eigenvalue weighted by molar-refractivity contribution is 7.15. The number of aromatic nitrogens is 3. The summed E-state index contributed by atoms with van der Waals surface area (Å²) in [4.78, 5) is 24.6. The molecule has 7 heteroatoms. The van der Waals surface area contributed by atoms with Crippen molar-refractivity contribution < 1.29 is 4.79 Å². The predicted octanol–water partition coefficient (Wildman–Crippen LogP) is 1.53. The largest absolute Gasteiger partial charge is 0.375 e.